The van der Waals surface area contributed by atoms with Crippen LogP contribution >= 0.6 is 11.6 Å². The number of nitrogens with two attached hydrogens (primary N) is 1. The van der Waals surface area contributed by atoms with Crippen molar-refractivity contribution in [2.75, 3.05) is 17.6 Å². The molecule has 0 bridgehead atoms. The van der Waals surface area contributed by atoms with Crippen molar-refractivity contribution in [1.29, 1.82) is 0 Å². The first-order valence-electron chi connectivity index (χ1n) is 5.75. The third kappa shape index (κ3) is 3.37. The molecule has 0 fully saturated rings. The average molecular weight is 331 g/mol. The van der Waals surface area contributed by atoms with Crippen LogP contribution < -0.4 is 15.2 Å². The monoisotopic (exact) mass is 330 g/mol. The Bertz CT molecular complexity index is 781. The number of nitrogen functional groups attached to an aromatic ring is 1. The molecule has 0 saturated heterocycles. The van der Waals surface area contributed by atoms with E-state index in [4.69, 9.17) is 22.1 Å². The lowest BCUT2D eigenvalue weighted by Crippen LogP contribution is -2.15. The molecule has 2 aromatic carbocycles. The molecule has 112 valence electrons. The maximum atomic E-state index is 13.7. The van der Waals surface area contributed by atoms with Gasteiger partial charge in [-0.2, -0.15) is 0 Å². The van der Waals surface area contributed by atoms with Crippen LogP contribution in [0.15, 0.2) is 41.3 Å². The van der Waals surface area contributed by atoms with Gasteiger partial charge in [-0.15, -0.1) is 0 Å². The second kappa shape index (κ2) is 5.79. The van der Waals surface area contributed by atoms with E-state index in [1.54, 1.807) is 0 Å². The Balaban J connectivity index is 2.45. The molecular formula is C13H12ClFN2O3S. The summed E-state index contributed by atoms with van der Waals surface area (Å²) >= 11 is 5.62. The summed E-state index contributed by atoms with van der Waals surface area (Å²) in [5, 5.41) is 0.164. The van der Waals surface area contributed by atoms with Gasteiger partial charge in [0.1, 0.15) is 16.5 Å². The van der Waals surface area contributed by atoms with Crippen LogP contribution in [0.1, 0.15) is 0 Å². The standard InChI is InChI=1S/C13H12ClFN2O3S/c1-20-12-5-3-9(16)7-13(12)21(18,19)17-11-4-2-8(14)6-10(11)15/h2-7,17H,16H2,1H3. The molecule has 8 heteroatoms. The van der Waals surface area contributed by atoms with Gasteiger partial charge in [-0.05, 0) is 36.4 Å². The highest BCUT2D eigenvalue weighted by Gasteiger charge is 2.21. The maximum absolute atomic E-state index is 13.7. The number of ether oxygens (including phenoxy) is 1. The first-order valence-corrected chi connectivity index (χ1v) is 7.61. The Morgan fingerprint density at radius 3 is 2.57 bits per heavy atom. The van der Waals surface area contributed by atoms with Gasteiger partial charge < -0.3 is 10.5 Å². The number of halogens is 2. The van der Waals surface area contributed by atoms with E-state index in [2.05, 4.69) is 4.72 Å². The molecule has 0 atom stereocenters. The fourth-order valence-corrected chi connectivity index (χ4v) is 3.11. The Hall–Kier alpha value is -1.99. The lowest BCUT2D eigenvalue weighted by atomic mass is 10.3. The van der Waals surface area contributed by atoms with Gasteiger partial charge in [-0.25, -0.2) is 12.8 Å². The van der Waals surface area contributed by atoms with E-state index in [0.717, 1.165) is 6.07 Å². The molecule has 0 aromatic heterocycles. The molecule has 0 unspecified atom stereocenters. The molecule has 0 aliphatic heterocycles. The Morgan fingerprint density at radius 2 is 1.95 bits per heavy atom. The van der Waals surface area contributed by atoms with Gasteiger partial charge in [0.25, 0.3) is 10.0 Å². The van der Waals surface area contributed by atoms with E-state index >= 15 is 0 Å². The summed E-state index contributed by atoms with van der Waals surface area (Å²) in [5.74, 6) is -0.681. The number of sulfonamides is 1. The van der Waals surface area contributed by atoms with Crippen LogP contribution in [0.3, 0.4) is 0 Å². The highest BCUT2D eigenvalue weighted by atomic mass is 35.5. The third-order valence-corrected chi connectivity index (χ3v) is 4.27. The van der Waals surface area contributed by atoms with Gasteiger partial charge in [-0.3, -0.25) is 4.72 Å². The molecule has 2 rings (SSSR count). The van der Waals surface area contributed by atoms with E-state index in [1.807, 2.05) is 0 Å². The SMILES string of the molecule is COc1ccc(N)cc1S(=O)(=O)Nc1ccc(Cl)cc1F. The zero-order valence-corrected chi connectivity index (χ0v) is 12.5. The van der Waals surface area contributed by atoms with Gasteiger partial charge in [0.2, 0.25) is 0 Å². The minimum absolute atomic E-state index is 0.103. The summed E-state index contributed by atoms with van der Waals surface area (Å²) in [6, 6.07) is 7.76. The van der Waals surface area contributed by atoms with Crippen LogP contribution in [-0.2, 0) is 10.0 Å². The molecule has 21 heavy (non-hydrogen) atoms. The molecule has 0 aliphatic rings. The molecule has 0 saturated carbocycles. The quantitative estimate of drug-likeness (QED) is 0.845. The molecule has 2 aromatic rings. The van der Waals surface area contributed by atoms with Crippen LogP contribution in [0.2, 0.25) is 5.02 Å². The summed E-state index contributed by atoms with van der Waals surface area (Å²) in [6.07, 6.45) is 0. The summed E-state index contributed by atoms with van der Waals surface area (Å²) in [6.45, 7) is 0. The van der Waals surface area contributed by atoms with Crippen molar-refractivity contribution in [2.24, 2.45) is 0 Å². The fraction of sp³-hybridized carbons (Fsp3) is 0.0769. The molecule has 3 N–H and O–H groups in total. The fourth-order valence-electron chi connectivity index (χ4n) is 1.68. The normalized spacial score (nSPS) is 11.2. The van der Waals surface area contributed by atoms with Crippen LogP contribution in [-0.4, -0.2) is 15.5 Å². The number of nitrogens with one attached hydrogen (secondary N) is 1. The summed E-state index contributed by atoms with van der Waals surface area (Å²) in [7, 11) is -2.73. The second-order valence-corrected chi connectivity index (χ2v) is 6.23. The van der Waals surface area contributed by atoms with Gasteiger partial charge in [-0.1, -0.05) is 11.6 Å². The number of anilines is 2. The third-order valence-electron chi connectivity index (χ3n) is 2.65. The molecule has 0 spiro atoms. The molecule has 5 nitrogen and oxygen atoms in total. The Kier molecular flexibility index (Phi) is 4.24. The maximum Gasteiger partial charge on any atom is 0.265 e. The van der Waals surface area contributed by atoms with Gasteiger partial charge in [0.05, 0.1) is 12.8 Å². The molecule has 0 heterocycles. The van der Waals surface area contributed by atoms with Crippen LogP contribution in [0.25, 0.3) is 0 Å². The van der Waals surface area contributed by atoms with Crippen molar-refractivity contribution in [2.45, 2.75) is 4.90 Å². The van der Waals surface area contributed by atoms with E-state index in [-0.39, 0.29) is 27.0 Å². The van der Waals surface area contributed by atoms with E-state index in [0.29, 0.717) is 0 Å². The van der Waals surface area contributed by atoms with Crippen molar-refractivity contribution in [3.8, 4) is 5.75 Å². The molecule has 0 amide bonds. The van der Waals surface area contributed by atoms with E-state index in [9.17, 15) is 12.8 Å². The molecule has 0 aliphatic carbocycles. The first-order chi connectivity index (χ1) is 9.83. The largest absolute Gasteiger partial charge is 0.495 e. The Morgan fingerprint density at radius 1 is 1.24 bits per heavy atom. The Labute approximate surface area is 126 Å². The van der Waals surface area contributed by atoms with Crippen molar-refractivity contribution in [3.63, 3.8) is 0 Å². The predicted molar refractivity (Wildman–Crippen MR) is 79.6 cm³/mol. The van der Waals surface area contributed by atoms with Gasteiger partial charge >= 0.3 is 0 Å². The van der Waals surface area contributed by atoms with Gasteiger partial charge in [0, 0.05) is 10.7 Å². The summed E-state index contributed by atoms with van der Waals surface area (Å²) in [4.78, 5) is -0.181. The van der Waals surface area contributed by atoms with Crippen molar-refractivity contribution in [3.05, 3.63) is 47.2 Å². The van der Waals surface area contributed by atoms with E-state index in [1.165, 1.54) is 37.4 Å². The lowest BCUT2D eigenvalue weighted by molar-refractivity contribution is 0.403. The molecule has 0 radical (unpaired) electrons. The molecular weight excluding hydrogens is 319 g/mol. The van der Waals surface area contributed by atoms with Crippen LogP contribution in [0.4, 0.5) is 15.8 Å². The number of hydrogen-bond donors (Lipinski definition) is 2. The van der Waals surface area contributed by atoms with Crippen LogP contribution in [0.5, 0.6) is 5.75 Å². The number of hydrogen-bond acceptors (Lipinski definition) is 4. The summed E-state index contributed by atoms with van der Waals surface area (Å²) in [5.41, 5.74) is 5.61. The van der Waals surface area contributed by atoms with Crippen molar-refractivity contribution < 1.29 is 17.5 Å². The highest BCUT2D eigenvalue weighted by molar-refractivity contribution is 7.92. The van der Waals surface area contributed by atoms with E-state index < -0.39 is 15.8 Å². The highest BCUT2D eigenvalue weighted by Crippen LogP contribution is 2.29. The number of benzene rings is 2. The average Bonchev–Trinajstić information content (AvgIpc) is 2.42. The first kappa shape index (κ1) is 15.4. The predicted octanol–water partition coefficient (Wildman–Crippen LogP) is 2.87. The zero-order valence-electron chi connectivity index (χ0n) is 10.9. The minimum Gasteiger partial charge on any atom is -0.495 e. The number of methoxy groups -OCH3 is 1. The van der Waals surface area contributed by atoms with Crippen LogP contribution in [0, 0.1) is 5.82 Å². The lowest BCUT2D eigenvalue weighted by Gasteiger charge is -2.12. The smallest absolute Gasteiger partial charge is 0.265 e. The van der Waals surface area contributed by atoms with Crippen molar-refractivity contribution >= 4 is 33.0 Å². The zero-order chi connectivity index (χ0) is 15.6. The topological polar surface area (TPSA) is 81.4 Å². The minimum atomic E-state index is -4.05. The second-order valence-electron chi connectivity index (χ2n) is 4.14. The number of rotatable bonds is 4. The van der Waals surface area contributed by atoms with Crippen molar-refractivity contribution in [1.82, 2.24) is 0 Å². The summed E-state index contributed by atoms with van der Waals surface area (Å²) < 4.78 is 45.5. The van der Waals surface area contributed by atoms with Gasteiger partial charge in [0.15, 0.2) is 0 Å².